The Hall–Kier alpha value is -1.80. The number of nitrogens with zero attached hydrogens (tertiary/aromatic N) is 1. The van der Waals surface area contributed by atoms with Crippen LogP contribution < -0.4 is 21.1 Å². The highest BCUT2D eigenvalue weighted by atomic mass is 32.2. The van der Waals surface area contributed by atoms with E-state index in [4.69, 9.17) is 10.9 Å². The third-order valence-electron chi connectivity index (χ3n) is 3.78. The monoisotopic (exact) mass is 312 g/mol. The quantitative estimate of drug-likeness (QED) is 0.672. The largest absolute Gasteiger partial charge is 0.397 e. The molecule has 1 aliphatic rings. The van der Waals surface area contributed by atoms with E-state index in [-0.39, 0.29) is 16.7 Å². The molecule has 21 heavy (non-hydrogen) atoms. The van der Waals surface area contributed by atoms with Gasteiger partial charge in [0.2, 0.25) is 15.9 Å². The minimum Gasteiger partial charge on any atom is -0.397 e. The normalized spacial score (nSPS) is 16.8. The number of benzene rings is 1. The lowest BCUT2D eigenvalue weighted by Gasteiger charge is -2.33. The Morgan fingerprint density at radius 3 is 2.48 bits per heavy atom. The van der Waals surface area contributed by atoms with Gasteiger partial charge >= 0.3 is 0 Å². The third kappa shape index (κ3) is 3.45. The molecule has 0 aliphatic carbocycles. The number of piperidine rings is 1. The molecule has 1 amide bonds. The molecule has 0 unspecified atom stereocenters. The molecule has 0 bridgehead atoms. The van der Waals surface area contributed by atoms with Gasteiger partial charge in [-0.15, -0.1) is 0 Å². The summed E-state index contributed by atoms with van der Waals surface area (Å²) in [4.78, 5) is 13.6. The number of hydrogen-bond acceptors (Lipinski definition) is 5. The van der Waals surface area contributed by atoms with Crippen molar-refractivity contribution in [1.82, 2.24) is 5.32 Å². The van der Waals surface area contributed by atoms with E-state index < -0.39 is 10.0 Å². The van der Waals surface area contributed by atoms with Gasteiger partial charge in [-0.25, -0.2) is 13.6 Å². The summed E-state index contributed by atoms with van der Waals surface area (Å²) in [5.74, 6) is 0.0369. The average molecular weight is 312 g/mol. The van der Waals surface area contributed by atoms with E-state index in [1.54, 1.807) is 13.1 Å². The summed E-state index contributed by atoms with van der Waals surface area (Å²) in [6, 6.07) is 4.43. The van der Waals surface area contributed by atoms with Crippen LogP contribution in [0.1, 0.15) is 12.8 Å². The Bertz CT molecular complexity index is 637. The van der Waals surface area contributed by atoms with Crippen LogP contribution in [-0.4, -0.2) is 34.5 Å². The second kappa shape index (κ2) is 5.90. The number of hydrogen-bond donors (Lipinski definition) is 3. The molecule has 1 aromatic carbocycles. The molecule has 1 aliphatic heterocycles. The van der Waals surface area contributed by atoms with Crippen molar-refractivity contribution in [2.45, 2.75) is 17.7 Å². The summed E-state index contributed by atoms with van der Waals surface area (Å²) in [5, 5.41) is 7.80. The summed E-state index contributed by atoms with van der Waals surface area (Å²) in [7, 11) is -2.13. The summed E-state index contributed by atoms with van der Waals surface area (Å²) in [5.41, 5.74) is 7.08. The first-order valence-corrected chi connectivity index (χ1v) is 8.26. The highest BCUT2D eigenvalue weighted by molar-refractivity contribution is 7.89. The van der Waals surface area contributed by atoms with Crippen molar-refractivity contribution in [3.8, 4) is 0 Å². The van der Waals surface area contributed by atoms with Gasteiger partial charge in [0, 0.05) is 26.1 Å². The maximum atomic E-state index is 11.6. The molecule has 0 spiro atoms. The molecular formula is C13H20N4O3S. The van der Waals surface area contributed by atoms with Gasteiger partial charge in [-0.2, -0.15) is 0 Å². The number of nitrogens with two attached hydrogens (primary N) is 2. The molecule has 2 rings (SSSR count). The fraction of sp³-hybridized carbons (Fsp3) is 0.462. The number of amides is 1. The number of anilines is 2. The maximum absolute atomic E-state index is 11.6. The number of carbonyl (C=O) groups is 1. The lowest BCUT2D eigenvalue weighted by Crippen LogP contribution is -2.39. The first-order chi connectivity index (χ1) is 9.82. The SMILES string of the molecule is CNC(=O)C1CCN(c2cc(S(N)(=O)=O)ccc2N)CC1. The number of nitrogen functional groups attached to an aromatic ring is 1. The van der Waals surface area contributed by atoms with Gasteiger partial charge in [0.25, 0.3) is 0 Å². The fourth-order valence-corrected chi connectivity index (χ4v) is 3.09. The van der Waals surface area contributed by atoms with Crippen LogP contribution in [0.5, 0.6) is 0 Å². The number of carbonyl (C=O) groups excluding carboxylic acids is 1. The van der Waals surface area contributed by atoms with Crippen LogP contribution in [-0.2, 0) is 14.8 Å². The number of primary sulfonamides is 1. The number of sulfonamides is 1. The summed E-state index contributed by atoms with van der Waals surface area (Å²) in [6.45, 7) is 1.30. The van der Waals surface area contributed by atoms with Gasteiger partial charge in [0.05, 0.1) is 16.3 Å². The molecule has 1 aromatic rings. The van der Waals surface area contributed by atoms with Crippen LogP contribution in [0.2, 0.25) is 0 Å². The molecular weight excluding hydrogens is 292 g/mol. The van der Waals surface area contributed by atoms with Crippen molar-refractivity contribution >= 4 is 27.3 Å². The molecule has 0 aromatic heterocycles. The Morgan fingerprint density at radius 2 is 1.95 bits per heavy atom. The van der Waals surface area contributed by atoms with E-state index in [0.29, 0.717) is 37.3 Å². The zero-order valence-electron chi connectivity index (χ0n) is 11.9. The minimum absolute atomic E-state index is 0.00565. The van der Waals surface area contributed by atoms with Gasteiger partial charge in [-0.1, -0.05) is 0 Å². The number of nitrogens with one attached hydrogen (secondary N) is 1. The van der Waals surface area contributed by atoms with E-state index in [1.807, 2.05) is 4.90 Å². The van der Waals surface area contributed by atoms with Crippen LogP contribution in [0, 0.1) is 5.92 Å². The van der Waals surface area contributed by atoms with Crippen LogP contribution in [0.4, 0.5) is 11.4 Å². The van der Waals surface area contributed by atoms with E-state index >= 15 is 0 Å². The summed E-state index contributed by atoms with van der Waals surface area (Å²) in [6.07, 6.45) is 1.41. The molecule has 1 fully saturated rings. The molecule has 5 N–H and O–H groups in total. The zero-order chi connectivity index (χ0) is 15.6. The lowest BCUT2D eigenvalue weighted by atomic mass is 9.95. The molecule has 7 nitrogen and oxygen atoms in total. The molecule has 116 valence electrons. The van der Waals surface area contributed by atoms with Crippen molar-refractivity contribution in [2.24, 2.45) is 11.1 Å². The third-order valence-corrected chi connectivity index (χ3v) is 4.69. The topological polar surface area (TPSA) is 119 Å². The van der Waals surface area contributed by atoms with Crippen LogP contribution in [0.3, 0.4) is 0 Å². The fourth-order valence-electron chi connectivity index (χ4n) is 2.56. The minimum atomic E-state index is -3.76. The van der Waals surface area contributed by atoms with Crippen molar-refractivity contribution in [2.75, 3.05) is 30.8 Å². The van der Waals surface area contributed by atoms with Gasteiger partial charge in [0.1, 0.15) is 0 Å². The lowest BCUT2D eigenvalue weighted by molar-refractivity contribution is -0.125. The predicted octanol–water partition coefficient (Wildman–Crippen LogP) is -0.121. The molecule has 0 atom stereocenters. The molecule has 0 saturated carbocycles. The second-order valence-electron chi connectivity index (χ2n) is 5.14. The zero-order valence-corrected chi connectivity index (χ0v) is 12.7. The van der Waals surface area contributed by atoms with Crippen molar-refractivity contribution in [3.63, 3.8) is 0 Å². The predicted molar refractivity (Wildman–Crippen MR) is 81.2 cm³/mol. The average Bonchev–Trinajstić information content (AvgIpc) is 2.46. The van der Waals surface area contributed by atoms with Crippen molar-refractivity contribution in [1.29, 1.82) is 0 Å². The van der Waals surface area contributed by atoms with E-state index in [0.717, 1.165) is 0 Å². The Kier molecular flexibility index (Phi) is 4.38. The second-order valence-corrected chi connectivity index (χ2v) is 6.70. The van der Waals surface area contributed by atoms with E-state index in [1.165, 1.54) is 12.1 Å². The first kappa shape index (κ1) is 15.6. The number of rotatable bonds is 3. The maximum Gasteiger partial charge on any atom is 0.238 e. The Balaban J connectivity index is 2.19. The standard InChI is InChI=1S/C13H20N4O3S/c1-16-13(18)9-4-6-17(7-5-9)12-8-10(21(15,19)20)2-3-11(12)14/h2-3,8-9H,4-7,14H2,1H3,(H,16,18)(H2,15,19,20). The van der Waals surface area contributed by atoms with Crippen molar-refractivity contribution in [3.05, 3.63) is 18.2 Å². The van der Waals surface area contributed by atoms with Crippen LogP contribution >= 0.6 is 0 Å². The molecule has 1 saturated heterocycles. The van der Waals surface area contributed by atoms with Gasteiger partial charge in [0.15, 0.2) is 0 Å². The van der Waals surface area contributed by atoms with Gasteiger partial charge in [-0.3, -0.25) is 4.79 Å². The molecule has 1 heterocycles. The smallest absolute Gasteiger partial charge is 0.238 e. The Morgan fingerprint density at radius 1 is 1.33 bits per heavy atom. The van der Waals surface area contributed by atoms with Gasteiger partial charge < -0.3 is 16.0 Å². The van der Waals surface area contributed by atoms with Crippen LogP contribution in [0.25, 0.3) is 0 Å². The molecule has 8 heteroatoms. The summed E-state index contributed by atoms with van der Waals surface area (Å²) >= 11 is 0. The van der Waals surface area contributed by atoms with E-state index in [9.17, 15) is 13.2 Å². The van der Waals surface area contributed by atoms with Crippen LogP contribution in [0.15, 0.2) is 23.1 Å². The van der Waals surface area contributed by atoms with E-state index in [2.05, 4.69) is 5.32 Å². The Labute approximate surface area is 124 Å². The highest BCUT2D eigenvalue weighted by Gasteiger charge is 2.25. The summed E-state index contributed by atoms with van der Waals surface area (Å²) < 4.78 is 22.8. The van der Waals surface area contributed by atoms with Crippen molar-refractivity contribution < 1.29 is 13.2 Å². The molecule has 0 radical (unpaired) electrons. The highest BCUT2D eigenvalue weighted by Crippen LogP contribution is 2.30. The van der Waals surface area contributed by atoms with Gasteiger partial charge in [-0.05, 0) is 31.0 Å². The first-order valence-electron chi connectivity index (χ1n) is 6.72.